The summed E-state index contributed by atoms with van der Waals surface area (Å²) >= 11 is 4.85. The van der Waals surface area contributed by atoms with Gasteiger partial charge in [0.05, 0.1) is 5.75 Å². The molecule has 0 saturated carbocycles. The van der Waals surface area contributed by atoms with E-state index < -0.39 is 0 Å². The molecular formula is C17H22BrNO3S. The molecular weight excluding hydrogens is 378 g/mol. The van der Waals surface area contributed by atoms with Crippen LogP contribution in [0, 0.1) is 12.8 Å². The van der Waals surface area contributed by atoms with Crippen molar-refractivity contribution in [1.82, 2.24) is 4.90 Å². The maximum Gasteiger partial charge on any atom is 0.316 e. The van der Waals surface area contributed by atoms with Gasteiger partial charge in [0.15, 0.2) is 6.61 Å². The number of aryl methyl sites for hydroxylation is 1. The second kappa shape index (κ2) is 8.73. The number of hydrogen-bond acceptors (Lipinski definition) is 4. The number of likely N-dealkylation sites (tertiary alicyclic amines) is 1. The van der Waals surface area contributed by atoms with Crippen molar-refractivity contribution in [2.75, 3.05) is 25.4 Å². The highest BCUT2D eigenvalue weighted by Crippen LogP contribution is 2.25. The summed E-state index contributed by atoms with van der Waals surface area (Å²) in [5, 5.41) is 0. The van der Waals surface area contributed by atoms with E-state index in [9.17, 15) is 9.59 Å². The number of piperidine rings is 1. The second-order valence-electron chi connectivity index (χ2n) is 5.95. The largest absolute Gasteiger partial charge is 0.455 e. The third kappa shape index (κ3) is 5.84. The molecule has 1 heterocycles. The SMILES string of the molecule is Cc1cc(Br)ccc1SCC(=O)OCC(=O)N1CCC[C@@H](C)C1. The number of nitrogens with zero attached hydrogens (tertiary/aromatic N) is 1. The minimum atomic E-state index is -0.351. The molecule has 1 amide bonds. The van der Waals surface area contributed by atoms with Crippen LogP contribution in [0.2, 0.25) is 0 Å². The summed E-state index contributed by atoms with van der Waals surface area (Å²) in [4.78, 5) is 26.7. The van der Waals surface area contributed by atoms with Gasteiger partial charge in [-0.15, -0.1) is 11.8 Å². The third-order valence-corrected chi connectivity index (χ3v) is 5.49. The maximum atomic E-state index is 12.1. The molecule has 0 bridgehead atoms. The van der Waals surface area contributed by atoms with Crippen LogP contribution in [-0.4, -0.2) is 42.2 Å². The average Bonchev–Trinajstić information content (AvgIpc) is 2.51. The van der Waals surface area contributed by atoms with E-state index in [1.54, 1.807) is 4.90 Å². The monoisotopic (exact) mass is 399 g/mol. The lowest BCUT2D eigenvalue weighted by molar-refractivity contribution is -0.150. The van der Waals surface area contributed by atoms with Crippen LogP contribution in [-0.2, 0) is 14.3 Å². The normalized spacial score (nSPS) is 17.9. The lowest BCUT2D eigenvalue weighted by Gasteiger charge is -2.30. The minimum absolute atomic E-state index is 0.0882. The Morgan fingerprint density at radius 3 is 2.91 bits per heavy atom. The molecule has 1 aromatic carbocycles. The van der Waals surface area contributed by atoms with E-state index in [2.05, 4.69) is 22.9 Å². The van der Waals surface area contributed by atoms with Crippen molar-refractivity contribution in [1.29, 1.82) is 0 Å². The van der Waals surface area contributed by atoms with Gasteiger partial charge in [-0.1, -0.05) is 22.9 Å². The van der Waals surface area contributed by atoms with Crippen LogP contribution in [0.15, 0.2) is 27.6 Å². The van der Waals surface area contributed by atoms with E-state index >= 15 is 0 Å². The lowest BCUT2D eigenvalue weighted by atomic mass is 10.0. The van der Waals surface area contributed by atoms with E-state index in [4.69, 9.17) is 4.74 Å². The average molecular weight is 400 g/mol. The zero-order chi connectivity index (χ0) is 16.8. The number of ether oxygens (including phenoxy) is 1. The molecule has 126 valence electrons. The summed E-state index contributed by atoms with van der Waals surface area (Å²) in [5.74, 6) is 0.302. The van der Waals surface area contributed by atoms with Gasteiger partial charge in [0.1, 0.15) is 0 Å². The van der Waals surface area contributed by atoms with Crippen molar-refractivity contribution in [3.05, 3.63) is 28.2 Å². The fraction of sp³-hybridized carbons (Fsp3) is 0.529. The Balaban J connectivity index is 1.73. The van der Waals surface area contributed by atoms with Gasteiger partial charge in [0.2, 0.25) is 0 Å². The van der Waals surface area contributed by atoms with Crippen molar-refractivity contribution < 1.29 is 14.3 Å². The van der Waals surface area contributed by atoms with Crippen LogP contribution in [0.4, 0.5) is 0 Å². The fourth-order valence-corrected chi connectivity index (χ4v) is 3.89. The topological polar surface area (TPSA) is 46.6 Å². The zero-order valence-corrected chi connectivity index (χ0v) is 15.9. The Morgan fingerprint density at radius 1 is 1.43 bits per heavy atom. The molecule has 1 atom stereocenters. The molecule has 6 heteroatoms. The van der Waals surface area contributed by atoms with Gasteiger partial charge in [-0.25, -0.2) is 0 Å². The number of halogens is 1. The predicted octanol–water partition coefficient (Wildman–Crippen LogP) is 3.65. The zero-order valence-electron chi connectivity index (χ0n) is 13.5. The molecule has 1 aromatic rings. The van der Waals surface area contributed by atoms with Crippen molar-refractivity contribution in [3.8, 4) is 0 Å². The van der Waals surface area contributed by atoms with Crippen LogP contribution in [0.3, 0.4) is 0 Å². The van der Waals surface area contributed by atoms with Gasteiger partial charge in [-0.3, -0.25) is 9.59 Å². The fourth-order valence-electron chi connectivity index (χ4n) is 2.60. The number of hydrogen-bond donors (Lipinski definition) is 0. The van der Waals surface area contributed by atoms with Crippen LogP contribution in [0.5, 0.6) is 0 Å². The van der Waals surface area contributed by atoms with E-state index in [0.29, 0.717) is 5.92 Å². The summed E-state index contributed by atoms with van der Waals surface area (Å²) in [6.45, 7) is 5.53. The van der Waals surface area contributed by atoms with Gasteiger partial charge in [0, 0.05) is 22.5 Å². The summed E-state index contributed by atoms with van der Waals surface area (Å²) in [6.07, 6.45) is 2.19. The number of esters is 1. The summed E-state index contributed by atoms with van der Waals surface area (Å²) in [7, 11) is 0. The van der Waals surface area contributed by atoms with Crippen LogP contribution < -0.4 is 0 Å². The van der Waals surface area contributed by atoms with Gasteiger partial charge >= 0.3 is 5.97 Å². The molecule has 0 aromatic heterocycles. The first-order chi connectivity index (χ1) is 11.0. The summed E-state index contributed by atoms with van der Waals surface area (Å²) in [6, 6.07) is 5.92. The van der Waals surface area contributed by atoms with Gasteiger partial charge in [-0.05, 0) is 49.4 Å². The molecule has 1 saturated heterocycles. The Bertz CT molecular complexity index is 579. The molecule has 1 aliphatic rings. The highest BCUT2D eigenvalue weighted by Gasteiger charge is 2.21. The molecule has 0 radical (unpaired) electrons. The smallest absolute Gasteiger partial charge is 0.316 e. The standard InChI is InChI=1S/C17H22BrNO3S/c1-12-4-3-7-19(9-12)16(20)10-22-17(21)11-23-15-6-5-14(18)8-13(15)2/h5-6,8,12H,3-4,7,9-11H2,1-2H3/t12-/m1/s1. The molecule has 1 fully saturated rings. The number of carbonyl (C=O) groups is 2. The number of thioether (sulfide) groups is 1. The van der Waals surface area contributed by atoms with Crippen molar-refractivity contribution in [2.45, 2.75) is 31.6 Å². The quantitative estimate of drug-likeness (QED) is 0.559. The molecule has 23 heavy (non-hydrogen) atoms. The first-order valence-corrected chi connectivity index (χ1v) is 9.56. The van der Waals surface area contributed by atoms with Gasteiger partial charge < -0.3 is 9.64 Å². The van der Waals surface area contributed by atoms with E-state index in [1.165, 1.54) is 11.8 Å². The molecule has 2 rings (SSSR count). The van der Waals surface area contributed by atoms with Gasteiger partial charge in [-0.2, -0.15) is 0 Å². The Labute approximate surface area is 150 Å². The highest BCUT2D eigenvalue weighted by atomic mass is 79.9. The first kappa shape index (κ1) is 18.3. The minimum Gasteiger partial charge on any atom is -0.455 e. The predicted molar refractivity (Wildman–Crippen MR) is 95.5 cm³/mol. The summed E-state index contributed by atoms with van der Waals surface area (Å²) < 4.78 is 6.13. The Hall–Kier alpha value is -1.01. The van der Waals surface area contributed by atoms with E-state index in [-0.39, 0.29) is 24.2 Å². The summed E-state index contributed by atoms with van der Waals surface area (Å²) in [5.41, 5.74) is 1.11. The van der Waals surface area contributed by atoms with Crippen molar-refractivity contribution in [2.24, 2.45) is 5.92 Å². The van der Waals surface area contributed by atoms with Crippen LogP contribution >= 0.6 is 27.7 Å². The maximum absolute atomic E-state index is 12.1. The van der Waals surface area contributed by atoms with Crippen LogP contribution in [0.25, 0.3) is 0 Å². The van der Waals surface area contributed by atoms with Crippen molar-refractivity contribution >= 4 is 39.6 Å². The molecule has 1 aliphatic heterocycles. The molecule has 0 N–H and O–H groups in total. The number of benzene rings is 1. The first-order valence-electron chi connectivity index (χ1n) is 7.78. The van der Waals surface area contributed by atoms with E-state index in [0.717, 1.165) is 40.9 Å². The van der Waals surface area contributed by atoms with E-state index in [1.807, 2.05) is 25.1 Å². The molecule has 0 unspecified atom stereocenters. The molecule has 4 nitrogen and oxygen atoms in total. The number of amides is 1. The Kier molecular flexibility index (Phi) is 6.96. The third-order valence-electron chi connectivity index (χ3n) is 3.85. The van der Waals surface area contributed by atoms with Crippen LogP contribution in [0.1, 0.15) is 25.3 Å². The second-order valence-corrected chi connectivity index (χ2v) is 7.88. The number of rotatable bonds is 5. The highest BCUT2D eigenvalue weighted by molar-refractivity contribution is 9.10. The van der Waals surface area contributed by atoms with Gasteiger partial charge in [0.25, 0.3) is 5.91 Å². The number of carbonyl (C=O) groups excluding carboxylic acids is 2. The molecule has 0 aliphatic carbocycles. The lowest BCUT2D eigenvalue weighted by Crippen LogP contribution is -2.41. The molecule has 0 spiro atoms. The Morgan fingerprint density at radius 2 is 2.22 bits per heavy atom. The van der Waals surface area contributed by atoms with Crippen molar-refractivity contribution in [3.63, 3.8) is 0 Å².